The van der Waals surface area contributed by atoms with Gasteiger partial charge in [0, 0.05) is 9.99 Å². The minimum Gasteiger partial charge on any atom is -0.357 e. The second-order valence-corrected chi connectivity index (χ2v) is 4.91. The SMILES string of the molecule is CC(OC(C)(CI)c1ccccc1F)C(F)(F)F. The molecular formula is C12H13F4IO. The van der Waals surface area contributed by atoms with E-state index in [9.17, 15) is 17.6 Å². The van der Waals surface area contributed by atoms with Crippen molar-refractivity contribution in [3.63, 3.8) is 0 Å². The van der Waals surface area contributed by atoms with Crippen molar-refractivity contribution in [2.45, 2.75) is 31.7 Å². The number of hydrogen-bond acceptors (Lipinski definition) is 1. The molecule has 0 fully saturated rings. The predicted octanol–water partition coefficient (Wildman–Crippen LogP) is 4.44. The molecular weight excluding hydrogens is 363 g/mol. The Kier molecular flexibility index (Phi) is 4.99. The van der Waals surface area contributed by atoms with Crippen LogP contribution in [-0.4, -0.2) is 16.7 Å². The molecule has 0 saturated heterocycles. The van der Waals surface area contributed by atoms with Crippen molar-refractivity contribution in [1.29, 1.82) is 0 Å². The minimum absolute atomic E-state index is 0.135. The molecule has 2 unspecified atom stereocenters. The molecule has 1 nitrogen and oxygen atoms in total. The standard InChI is InChI=1S/C12H13F4IO/c1-8(12(14,15)16)18-11(2,7-17)9-5-3-4-6-10(9)13/h3-6,8H,7H2,1-2H3. The molecule has 6 heteroatoms. The lowest BCUT2D eigenvalue weighted by molar-refractivity contribution is -0.243. The highest BCUT2D eigenvalue weighted by molar-refractivity contribution is 14.1. The third-order valence-electron chi connectivity index (χ3n) is 2.60. The molecule has 0 aliphatic heterocycles. The minimum atomic E-state index is -4.46. The molecule has 0 bridgehead atoms. The summed E-state index contributed by atoms with van der Waals surface area (Å²) in [6.45, 7) is 2.38. The summed E-state index contributed by atoms with van der Waals surface area (Å²) in [7, 11) is 0. The van der Waals surface area contributed by atoms with E-state index in [4.69, 9.17) is 4.74 Å². The summed E-state index contributed by atoms with van der Waals surface area (Å²) in [5.74, 6) is -0.564. The molecule has 1 aromatic rings. The highest BCUT2D eigenvalue weighted by Crippen LogP contribution is 2.35. The van der Waals surface area contributed by atoms with Gasteiger partial charge < -0.3 is 4.74 Å². The zero-order chi connectivity index (χ0) is 14.0. The number of rotatable bonds is 4. The van der Waals surface area contributed by atoms with Crippen LogP contribution in [0.15, 0.2) is 24.3 Å². The van der Waals surface area contributed by atoms with Crippen molar-refractivity contribution in [1.82, 2.24) is 0 Å². The van der Waals surface area contributed by atoms with Crippen LogP contribution in [0, 0.1) is 5.82 Å². The predicted molar refractivity (Wildman–Crippen MR) is 69.2 cm³/mol. The van der Waals surface area contributed by atoms with Crippen LogP contribution in [0.3, 0.4) is 0 Å². The van der Waals surface area contributed by atoms with Gasteiger partial charge in [-0.1, -0.05) is 40.8 Å². The van der Waals surface area contributed by atoms with Gasteiger partial charge in [0.05, 0.1) is 0 Å². The fourth-order valence-electron chi connectivity index (χ4n) is 1.51. The molecule has 1 rings (SSSR count). The number of ether oxygens (including phenoxy) is 1. The average molecular weight is 376 g/mol. The van der Waals surface area contributed by atoms with Gasteiger partial charge in [-0.25, -0.2) is 4.39 Å². The first-order valence-corrected chi connectivity index (χ1v) is 6.79. The molecule has 0 heterocycles. The van der Waals surface area contributed by atoms with Gasteiger partial charge in [-0.3, -0.25) is 0 Å². The lowest BCUT2D eigenvalue weighted by Crippen LogP contribution is -2.39. The van der Waals surface area contributed by atoms with Gasteiger partial charge in [0.1, 0.15) is 11.4 Å². The van der Waals surface area contributed by atoms with Gasteiger partial charge in [0.25, 0.3) is 0 Å². The van der Waals surface area contributed by atoms with E-state index in [1.807, 2.05) is 22.6 Å². The van der Waals surface area contributed by atoms with E-state index >= 15 is 0 Å². The Morgan fingerprint density at radius 2 is 1.83 bits per heavy atom. The van der Waals surface area contributed by atoms with Crippen molar-refractivity contribution >= 4 is 22.6 Å². The molecule has 0 amide bonds. The Bertz CT molecular complexity index is 407. The van der Waals surface area contributed by atoms with Crippen LogP contribution < -0.4 is 0 Å². The third kappa shape index (κ3) is 3.57. The Hall–Kier alpha value is -0.370. The second-order valence-electron chi connectivity index (χ2n) is 4.15. The summed E-state index contributed by atoms with van der Waals surface area (Å²) in [5, 5.41) is 0. The van der Waals surface area contributed by atoms with E-state index in [1.54, 1.807) is 6.07 Å². The van der Waals surface area contributed by atoms with Gasteiger partial charge in [-0.05, 0) is 19.9 Å². The van der Waals surface area contributed by atoms with Crippen LogP contribution in [0.5, 0.6) is 0 Å². The van der Waals surface area contributed by atoms with Gasteiger partial charge in [-0.15, -0.1) is 0 Å². The van der Waals surface area contributed by atoms with Crippen molar-refractivity contribution in [2.24, 2.45) is 0 Å². The van der Waals surface area contributed by atoms with Crippen LogP contribution in [0.1, 0.15) is 19.4 Å². The first kappa shape index (κ1) is 15.7. The van der Waals surface area contributed by atoms with Crippen LogP contribution in [0.2, 0.25) is 0 Å². The lowest BCUT2D eigenvalue weighted by Gasteiger charge is -2.32. The Labute approximate surface area is 117 Å². The van der Waals surface area contributed by atoms with E-state index in [0.29, 0.717) is 0 Å². The first-order chi connectivity index (χ1) is 8.20. The molecule has 0 aliphatic carbocycles. The highest BCUT2D eigenvalue weighted by atomic mass is 127. The third-order valence-corrected chi connectivity index (χ3v) is 4.05. The largest absolute Gasteiger partial charge is 0.414 e. The maximum Gasteiger partial charge on any atom is 0.414 e. The van der Waals surface area contributed by atoms with E-state index in [-0.39, 0.29) is 9.99 Å². The van der Waals surface area contributed by atoms with Crippen LogP contribution in [0.4, 0.5) is 17.6 Å². The molecule has 0 spiro atoms. The van der Waals surface area contributed by atoms with Gasteiger partial charge in [-0.2, -0.15) is 13.2 Å². The van der Waals surface area contributed by atoms with E-state index < -0.39 is 23.7 Å². The topological polar surface area (TPSA) is 9.23 Å². The molecule has 1 aromatic carbocycles. The zero-order valence-corrected chi connectivity index (χ0v) is 12.0. The maximum absolute atomic E-state index is 13.7. The molecule has 0 aromatic heterocycles. The van der Waals surface area contributed by atoms with Gasteiger partial charge >= 0.3 is 6.18 Å². The molecule has 0 saturated carbocycles. The first-order valence-electron chi connectivity index (χ1n) is 5.26. The summed E-state index contributed by atoms with van der Waals surface area (Å²) in [5.41, 5.74) is -1.17. The maximum atomic E-state index is 13.7. The molecule has 0 radical (unpaired) electrons. The smallest absolute Gasteiger partial charge is 0.357 e. The van der Waals surface area contributed by atoms with Gasteiger partial charge in [0.15, 0.2) is 6.10 Å². The summed E-state index contributed by atoms with van der Waals surface area (Å²) in [4.78, 5) is 0. The Morgan fingerprint density at radius 1 is 1.28 bits per heavy atom. The van der Waals surface area contributed by atoms with Gasteiger partial charge in [0.2, 0.25) is 0 Å². The van der Waals surface area contributed by atoms with Crippen LogP contribution >= 0.6 is 22.6 Å². The van der Waals surface area contributed by atoms with E-state index in [0.717, 1.165) is 6.92 Å². The summed E-state index contributed by atoms with van der Waals surface area (Å²) < 4.78 is 56.4. The van der Waals surface area contributed by atoms with Crippen LogP contribution in [0.25, 0.3) is 0 Å². The average Bonchev–Trinajstić information content (AvgIpc) is 2.28. The molecule has 2 atom stereocenters. The highest BCUT2D eigenvalue weighted by Gasteiger charge is 2.42. The lowest BCUT2D eigenvalue weighted by atomic mass is 9.97. The molecule has 0 N–H and O–H groups in total. The van der Waals surface area contributed by atoms with E-state index in [2.05, 4.69) is 0 Å². The Balaban J connectivity index is 3.04. The van der Waals surface area contributed by atoms with Crippen molar-refractivity contribution < 1.29 is 22.3 Å². The fraction of sp³-hybridized carbons (Fsp3) is 0.500. The van der Waals surface area contributed by atoms with Crippen molar-refractivity contribution in [3.8, 4) is 0 Å². The second kappa shape index (κ2) is 5.73. The molecule has 18 heavy (non-hydrogen) atoms. The normalized spacial score (nSPS) is 17.3. The van der Waals surface area contributed by atoms with E-state index in [1.165, 1.54) is 25.1 Å². The number of alkyl halides is 4. The van der Waals surface area contributed by atoms with Crippen LogP contribution in [-0.2, 0) is 10.3 Å². The number of benzene rings is 1. The summed E-state index contributed by atoms with van der Waals surface area (Å²) >= 11 is 1.89. The quantitative estimate of drug-likeness (QED) is 0.429. The van der Waals surface area contributed by atoms with Crippen molar-refractivity contribution in [3.05, 3.63) is 35.6 Å². The molecule has 102 valence electrons. The monoisotopic (exact) mass is 376 g/mol. The summed E-state index contributed by atoms with van der Waals surface area (Å²) in [6, 6.07) is 5.71. The number of halogens is 5. The number of hydrogen-bond donors (Lipinski definition) is 0. The van der Waals surface area contributed by atoms with Crippen molar-refractivity contribution in [2.75, 3.05) is 4.43 Å². The molecule has 0 aliphatic rings. The fourth-order valence-corrected chi connectivity index (χ4v) is 2.10. The zero-order valence-electron chi connectivity index (χ0n) is 9.89. The Morgan fingerprint density at radius 3 is 2.28 bits per heavy atom. The summed E-state index contributed by atoms with van der Waals surface area (Å²) in [6.07, 6.45) is -6.41.